The van der Waals surface area contributed by atoms with E-state index in [2.05, 4.69) is 13.8 Å². The first-order chi connectivity index (χ1) is 9.23. The number of carbonyl (C=O) groups is 1. The molecule has 1 aromatic rings. The second-order valence-electron chi connectivity index (χ2n) is 5.40. The van der Waals surface area contributed by atoms with Gasteiger partial charge in [-0.2, -0.15) is 0 Å². The van der Waals surface area contributed by atoms with Crippen LogP contribution in [0.1, 0.15) is 38.1 Å². The first-order valence-electron chi connectivity index (χ1n) is 6.52. The number of nitro benzene ring substituents is 1. The molecule has 0 aliphatic carbocycles. The van der Waals surface area contributed by atoms with Crippen molar-refractivity contribution in [1.82, 2.24) is 0 Å². The van der Waals surface area contributed by atoms with E-state index in [1.165, 1.54) is 12.1 Å². The molecule has 0 aromatic heterocycles. The Balaban J connectivity index is 3.27. The van der Waals surface area contributed by atoms with Crippen LogP contribution in [0.25, 0.3) is 0 Å². The molecule has 0 saturated carbocycles. The summed E-state index contributed by atoms with van der Waals surface area (Å²) in [7, 11) is 0. The Bertz CT molecular complexity index is 512. The van der Waals surface area contributed by atoms with Crippen LogP contribution in [0.15, 0.2) is 18.2 Å². The third-order valence-electron chi connectivity index (χ3n) is 2.93. The SMILES string of the molecule is CC(C)CN(c1ccc(C(=O)O)c([N+](=O)[O-])c1)C(C)C. The summed E-state index contributed by atoms with van der Waals surface area (Å²) in [6.45, 7) is 8.88. The minimum Gasteiger partial charge on any atom is -0.477 e. The Labute approximate surface area is 118 Å². The summed E-state index contributed by atoms with van der Waals surface area (Å²) in [6, 6.07) is 4.43. The van der Waals surface area contributed by atoms with E-state index >= 15 is 0 Å². The van der Waals surface area contributed by atoms with E-state index < -0.39 is 10.9 Å². The monoisotopic (exact) mass is 280 g/mol. The molecule has 0 fully saturated rings. The zero-order valence-electron chi connectivity index (χ0n) is 12.2. The van der Waals surface area contributed by atoms with Crippen molar-refractivity contribution in [3.05, 3.63) is 33.9 Å². The van der Waals surface area contributed by atoms with E-state index in [0.29, 0.717) is 11.6 Å². The van der Waals surface area contributed by atoms with Gasteiger partial charge in [0.2, 0.25) is 0 Å². The molecule has 110 valence electrons. The standard InChI is InChI=1S/C14H20N2O4/c1-9(2)8-15(10(3)4)11-5-6-12(14(17)18)13(7-11)16(19)20/h5-7,9-10H,8H2,1-4H3,(H,17,18). The minimum atomic E-state index is -1.29. The van der Waals surface area contributed by atoms with Crippen molar-refractivity contribution in [2.45, 2.75) is 33.7 Å². The Morgan fingerprint density at radius 1 is 1.35 bits per heavy atom. The number of rotatable bonds is 6. The smallest absolute Gasteiger partial charge is 0.342 e. The van der Waals surface area contributed by atoms with Gasteiger partial charge in [0.25, 0.3) is 5.69 Å². The number of carboxylic acids is 1. The summed E-state index contributed by atoms with van der Waals surface area (Å²) in [5.74, 6) is -0.890. The zero-order valence-corrected chi connectivity index (χ0v) is 12.2. The number of hydrogen-bond donors (Lipinski definition) is 1. The van der Waals surface area contributed by atoms with Gasteiger partial charge in [0.1, 0.15) is 5.56 Å². The summed E-state index contributed by atoms with van der Waals surface area (Å²) in [5.41, 5.74) is 0.0156. The fraction of sp³-hybridized carbons (Fsp3) is 0.500. The van der Waals surface area contributed by atoms with Gasteiger partial charge in [0.05, 0.1) is 4.92 Å². The van der Waals surface area contributed by atoms with Crippen molar-refractivity contribution >= 4 is 17.3 Å². The number of nitro groups is 1. The summed E-state index contributed by atoms with van der Waals surface area (Å²) >= 11 is 0. The van der Waals surface area contributed by atoms with Crippen LogP contribution in [0.2, 0.25) is 0 Å². The molecule has 1 rings (SSSR count). The van der Waals surface area contributed by atoms with Crippen LogP contribution >= 0.6 is 0 Å². The van der Waals surface area contributed by atoms with E-state index in [1.54, 1.807) is 6.07 Å². The normalized spacial score (nSPS) is 10.9. The zero-order chi connectivity index (χ0) is 15.4. The lowest BCUT2D eigenvalue weighted by Gasteiger charge is -2.30. The van der Waals surface area contributed by atoms with Gasteiger partial charge < -0.3 is 10.0 Å². The largest absolute Gasteiger partial charge is 0.477 e. The van der Waals surface area contributed by atoms with Crippen molar-refractivity contribution in [3.63, 3.8) is 0 Å². The first kappa shape index (κ1) is 15.9. The second kappa shape index (κ2) is 6.36. The maximum atomic E-state index is 11.0. The van der Waals surface area contributed by atoms with Gasteiger partial charge in [0.15, 0.2) is 0 Å². The van der Waals surface area contributed by atoms with Crippen LogP contribution in [0, 0.1) is 16.0 Å². The van der Waals surface area contributed by atoms with Crippen molar-refractivity contribution < 1.29 is 14.8 Å². The molecule has 0 unspecified atom stereocenters. The van der Waals surface area contributed by atoms with Crippen LogP contribution in [0.5, 0.6) is 0 Å². The van der Waals surface area contributed by atoms with E-state index in [0.717, 1.165) is 6.54 Å². The molecule has 0 aliphatic rings. The predicted octanol–water partition coefficient (Wildman–Crippen LogP) is 3.16. The number of aromatic carboxylic acids is 1. The fourth-order valence-electron chi connectivity index (χ4n) is 2.04. The van der Waals surface area contributed by atoms with E-state index in [9.17, 15) is 14.9 Å². The third kappa shape index (κ3) is 3.69. The van der Waals surface area contributed by atoms with Crippen LogP contribution in [-0.4, -0.2) is 28.6 Å². The second-order valence-corrected chi connectivity index (χ2v) is 5.40. The van der Waals surface area contributed by atoms with Crippen molar-refractivity contribution in [2.75, 3.05) is 11.4 Å². The van der Waals surface area contributed by atoms with Gasteiger partial charge in [-0.05, 0) is 31.9 Å². The third-order valence-corrected chi connectivity index (χ3v) is 2.93. The van der Waals surface area contributed by atoms with Gasteiger partial charge in [-0.25, -0.2) is 4.79 Å². The lowest BCUT2D eigenvalue weighted by molar-refractivity contribution is -0.385. The number of anilines is 1. The lowest BCUT2D eigenvalue weighted by atomic mass is 10.1. The Morgan fingerprint density at radius 3 is 2.35 bits per heavy atom. The quantitative estimate of drug-likeness (QED) is 0.639. The highest BCUT2D eigenvalue weighted by Crippen LogP contribution is 2.27. The number of hydrogen-bond acceptors (Lipinski definition) is 4. The Kier molecular flexibility index (Phi) is 5.07. The summed E-state index contributed by atoms with van der Waals surface area (Å²) < 4.78 is 0. The van der Waals surface area contributed by atoms with Gasteiger partial charge in [0, 0.05) is 24.3 Å². The topological polar surface area (TPSA) is 83.7 Å². The number of nitrogens with zero attached hydrogens (tertiary/aromatic N) is 2. The molecule has 0 heterocycles. The molecule has 0 atom stereocenters. The van der Waals surface area contributed by atoms with Crippen LogP contribution in [-0.2, 0) is 0 Å². The Morgan fingerprint density at radius 2 is 1.95 bits per heavy atom. The van der Waals surface area contributed by atoms with Gasteiger partial charge >= 0.3 is 5.97 Å². The van der Waals surface area contributed by atoms with Crippen molar-refractivity contribution in [1.29, 1.82) is 0 Å². The predicted molar refractivity (Wildman–Crippen MR) is 77.4 cm³/mol. The van der Waals surface area contributed by atoms with E-state index in [1.807, 2.05) is 18.7 Å². The highest BCUT2D eigenvalue weighted by atomic mass is 16.6. The fourth-order valence-corrected chi connectivity index (χ4v) is 2.04. The van der Waals surface area contributed by atoms with Gasteiger partial charge in [-0.3, -0.25) is 10.1 Å². The molecule has 0 radical (unpaired) electrons. The molecule has 6 nitrogen and oxygen atoms in total. The molecule has 0 spiro atoms. The lowest BCUT2D eigenvalue weighted by Crippen LogP contribution is -2.34. The molecule has 20 heavy (non-hydrogen) atoms. The maximum Gasteiger partial charge on any atom is 0.342 e. The minimum absolute atomic E-state index is 0.174. The van der Waals surface area contributed by atoms with Gasteiger partial charge in [-0.1, -0.05) is 13.8 Å². The van der Waals surface area contributed by atoms with Crippen molar-refractivity contribution in [3.8, 4) is 0 Å². The van der Waals surface area contributed by atoms with E-state index in [4.69, 9.17) is 5.11 Å². The molecule has 0 saturated heterocycles. The molecule has 0 bridgehead atoms. The number of benzene rings is 1. The molecule has 1 N–H and O–H groups in total. The van der Waals surface area contributed by atoms with Gasteiger partial charge in [-0.15, -0.1) is 0 Å². The molecule has 1 aromatic carbocycles. The number of carboxylic acid groups (broad SMARTS) is 1. The summed E-state index contributed by atoms with van der Waals surface area (Å²) in [4.78, 5) is 23.4. The van der Waals surface area contributed by atoms with E-state index in [-0.39, 0.29) is 17.3 Å². The Hall–Kier alpha value is -2.11. The van der Waals surface area contributed by atoms with Crippen LogP contribution < -0.4 is 4.90 Å². The average molecular weight is 280 g/mol. The summed E-state index contributed by atoms with van der Waals surface area (Å²) in [5, 5.41) is 20.0. The van der Waals surface area contributed by atoms with Crippen LogP contribution in [0.4, 0.5) is 11.4 Å². The molecule has 0 aliphatic heterocycles. The van der Waals surface area contributed by atoms with Crippen LogP contribution in [0.3, 0.4) is 0 Å². The molecule has 0 amide bonds. The average Bonchev–Trinajstić information content (AvgIpc) is 2.34. The molecular weight excluding hydrogens is 260 g/mol. The molecular formula is C14H20N2O4. The highest BCUT2D eigenvalue weighted by molar-refractivity contribution is 5.93. The summed E-state index contributed by atoms with van der Waals surface area (Å²) in [6.07, 6.45) is 0. The molecule has 6 heteroatoms. The maximum absolute atomic E-state index is 11.0. The first-order valence-corrected chi connectivity index (χ1v) is 6.52. The van der Waals surface area contributed by atoms with Crippen molar-refractivity contribution in [2.24, 2.45) is 5.92 Å². The highest BCUT2D eigenvalue weighted by Gasteiger charge is 2.22.